The van der Waals surface area contributed by atoms with Gasteiger partial charge in [-0.05, 0) is 30.2 Å². The van der Waals surface area contributed by atoms with Crippen LogP contribution >= 0.6 is 11.8 Å². The lowest BCUT2D eigenvalue weighted by Crippen LogP contribution is -2.81. The van der Waals surface area contributed by atoms with Crippen LogP contribution in [0, 0.1) is 20.2 Å². The van der Waals surface area contributed by atoms with E-state index in [2.05, 4.69) is 15.3 Å². The lowest BCUT2D eigenvalue weighted by atomic mass is 10.2. The predicted molar refractivity (Wildman–Crippen MR) is 108 cm³/mol. The molecule has 150 valence electrons. The number of hydrogen-bond donors (Lipinski definition) is 3. The molecule has 0 aliphatic rings. The maximum Gasteiger partial charge on any atom is 0.305 e. The molecule has 4 N–H and O–H groups in total. The van der Waals surface area contributed by atoms with Crippen molar-refractivity contribution in [3.05, 3.63) is 67.8 Å². The highest BCUT2D eigenvalue weighted by Crippen LogP contribution is 2.22. The maximum absolute atomic E-state index is 10.8. The standard InChI is InChI=1S/C16H14N6O6S/c1-29-16(19-17-8-10-6-12(21(25)26)2-4-14(10)23)20-18-9-11-7-13(22(27)28)3-5-15(11)24/h2-9,23-24H,1H3,(H,19,20)/p+1/b17-8+,18-9+. The van der Waals surface area contributed by atoms with Gasteiger partial charge in [0.25, 0.3) is 11.4 Å². The van der Waals surface area contributed by atoms with Crippen LogP contribution < -0.4 is 5.43 Å². The molecule has 2 aromatic carbocycles. The fourth-order valence-electron chi connectivity index (χ4n) is 1.97. The molecule has 0 unspecified atom stereocenters. The molecule has 29 heavy (non-hydrogen) atoms. The first-order valence-corrected chi connectivity index (χ1v) is 9.00. The first-order valence-electron chi connectivity index (χ1n) is 7.78. The van der Waals surface area contributed by atoms with Crippen molar-refractivity contribution in [2.45, 2.75) is 0 Å². The number of rotatable bonds is 6. The molecule has 0 radical (unpaired) electrons. The summed E-state index contributed by atoms with van der Waals surface area (Å²) in [5.74, 6) is -0.363. The molecule has 12 nitrogen and oxygen atoms in total. The molecule has 0 amide bonds. The van der Waals surface area contributed by atoms with Gasteiger partial charge in [0, 0.05) is 35.4 Å². The van der Waals surface area contributed by atoms with Crippen molar-refractivity contribution in [2.75, 3.05) is 6.26 Å². The fourth-order valence-corrected chi connectivity index (χ4v) is 2.26. The molecule has 2 aromatic rings. The molecule has 13 heteroatoms. The van der Waals surface area contributed by atoms with Crippen LogP contribution in [0.1, 0.15) is 11.1 Å². The Hall–Kier alpha value is -3.84. The van der Waals surface area contributed by atoms with Crippen LogP contribution in [0.4, 0.5) is 11.4 Å². The fraction of sp³-hybridized carbons (Fsp3) is 0.0625. The van der Waals surface area contributed by atoms with E-state index in [9.17, 15) is 30.4 Å². The Balaban J connectivity index is 2.12. The number of nitrogens with two attached hydrogens (primary N) is 1. The lowest BCUT2D eigenvalue weighted by Gasteiger charge is -1.98. The number of non-ortho nitro benzene ring substituents is 2. The molecule has 0 bridgehead atoms. The van der Waals surface area contributed by atoms with Crippen LogP contribution in [0.5, 0.6) is 11.5 Å². The molecule has 0 fully saturated rings. The molecule has 0 aromatic heterocycles. The highest BCUT2D eigenvalue weighted by Gasteiger charge is 2.10. The number of quaternary nitrogens is 1. The Morgan fingerprint density at radius 2 is 1.52 bits per heavy atom. The second-order valence-corrected chi connectivity index (χ2v) is 6.12. The SMILES string of the molecule is CSC(=N/N=C/c1cc([N+](=O)[O-])ccc1O)[NH2+]/N=C/c1cc([N+](=O)[O-])ccc1O. The van der Waals surface area contributed by atoms with E-state index in [1.807, 2.05) is 0 Å². The minimum atomic E-state index is -0.598. The number of phenolic OH excluding ortho intramolecular Hbond substituents is 2. The van der Waals surface area contributed by atoms with Crippen molar-refractivity contribution in [3.8, 4) is 11.5 Å². The number of nitrogens with zero attached hydrogens (tertiary/aromatic N) is 5. The van der Waals surface area contributed by atoms with Gasteiger partial charge in [0.1, 0.15) is 11.5 Å². The van der Waals surface area contributed by atoms with Crippen LogP contribution in [0.3, 0.4) is 0 Å². The van der Waals surface area contributed by atoms with Gasteiger partial charge in [-0.25, -0.2) is 0 Å². The summed E-state index contributed by atoms with van der Waals surface area (Å²) in [6.07, 6.45) is 4.09. The summed E-state index contributed by atoms with van der Waals surface area (Å²) in [5.41, 5.74) is 1.19. The molecule has 0 aliphatic heterocycles. The van der Waals surface area contributed by atoms with Crippen LogP contribution in [0.15, 0.2) is 51.7 Å². The summed E-state index contributed by atoms with van der Waals surface area (Å²) in [4.78, 5) is 20.4. The molecule has 0 spiro atoms. The number of thioether (sulfide) groups is 1. The third-order valence-corrected chi connectivity index (χ3v) is 4.01. The van der Waals surface area contributed by atoms with Crippen LogP contribution in [0.25, 0.3) is 0 Å². The van der Waals surface area contributed by atoms with Gasteiger partial charge in [-0.1, -0.05) is 10.2 Å². The summed E-state index contributed by atoms with van der Waals surface area (Å²) in [6, 6.07) is 7.03. The zero-order chi connectivity index (χ0) is 21.4. The molecule has 0 atom stereocenters. The van der Waals surface area contributed by atoms with Crippen molar-refractivity contribution in [2.24, 2.45) is 15.3 Å². The minimum Gasteiger partial charge on any atom is -0.507 e. The Bertz CT molecular complexity index is 1020. The van der Waals surface area contributed by atoms with Crippen LogP contribution in [-0.2, 0) is 0 Å². The summed E-state index contributed by atoms with van der Waals surface area (Å²) in [5, 5.41) is 53.0. The second-order valence-electron chi connectivity index (χ2n) is 5.29. The van der Waals surface area contributed by atoms with E-state index in [4.69, 9.17) is 0 Å². The maximum atomic E-state index is 10.8. The number of benzene rings is 2. The smallest absolute Gasteiger partial charge is 0.305 e. The van der Waals surface area contributed by atoms with E-state index in [0.717, 1.165) is 18.3 Å². The highest BCUT2D eigenvalue weighted by molar-refractivity contribution is 8.12. The van der Waals surface area contributed by atoms with Gasteiger partial charge in [-0.3, -0.25) is 20.2 Å². The van der Waals surface area contributed by atoms with Gasteiger partial charge in [-0.2, -0.15) is 10.5 Å². The predicted octanol–water partition coefficient (Wildman–Crippen LogP) is 1.56. The van der Waals surface area contributed by atoms with E-state index in [1.165, 1.54) is 47.7 Å². The van der Waals surface area contributed by atoms with E-state index in [0.29, 0.717) is 5.17 Å². The van der Waals surface area contributed by atoms with Crippen molar-refractivity contribution in [1.82, 2.24) is 0 Å². The average molecular weight is 419 g/mol. The van der Waals surface area contributed by atoms with Crippen molar-refractivity contribution in [1.29, 1.82) is 0 Å². The largest absolute Gasteiger partial charge is 0.507 e. The molecule has 2 rings (SSSR count). The molecule has 0 heterocycles. The summed E-state index contributed by atoms with van der Waals surface area (Å²) in [6.45, 7) is 0. The molecular formula is C16H15N6O6S+. The van der Waals surface area contributed by atoms with Gasteiger partial charge in [0.05, 0.1) is 22.3 Å². The first-order chi connectivity index (χ1) is 13.8. The van der Waals surface area contributed by atoms with Gasteiger partial charge in [0.15, 0.2) is 0 Å². The summed E-state index contributed by atoms with van der Waals surface area (Å²) >= 11 is 1.19. The number of nitro benzene ring substituents is 2. The normalized spacial score (nSPS) is 12.0. The zero-order valence-corrected chi connectivity index (χ0v) is 15.7. The molecular weight excluding hydrogens is 404 g/mol. The number of phenols is 2. The Kier molecular flexibility index (Phi) is 7.33. The van der Waals surface area contributed by atoms with Gasteiger partial charge < -0.3 is 10.2 Å². The number of amidine groups is 1. The van der Waals surface area contributed by atoms with Crippen LogP contribution in [0.2, 0.25) is 0 Å². The lowest BCUT2D eigenvalue weighted by molar-refractivity contribution is -0.539. The third-order valence-electron chi connectivity index (χ3n) is 3.40. The Morgan fingerprint density at radius 1 is 1.00 bits per heavy atom. The van der Waals surface area contributed by atoms with Crippen molar-refractivity contribution in [3.63, 3.8) is 0 Å². The van der Waals surface area contributed by atoms with Gasteiger partial charge in [-0.15, -0.1) is 0 Å². The second kappa shape index (κ2) is 9.91. The van der Waals surface area contributed by atoms with E-state index >= 15 is 0 Å². The quantitative estimate of drug-likeness (QED) is 0.209. The highest BCUT2D eigenvalue weighted by atomic mass is 32.2. The number of aromatic hydroxyl groups is 2. The van der Waals surface area contributed by atoms with Crippen molar-refractivity contribution >= 4 is 40.7 Å². The minimum absolute atomic E-state index is 0.119. The van der Waals surface area contributed by atoms with E-state index in [-0.39, 0.29) is 34.0 Å². The Morgan fingerprint density at radius 3 is 2.00 bits per heavy atom. The number of nitro groups is 2. The summed E-state index contributed by atoms with van der Waals surface area (Å²) in [7, 11) is 0. The Labute approximate surface area is 167 Å². The summed E-state index contributed by atoms with van der Waals surface area (Å²) < 4.78 is 0. The third kappa shape index (κ3) is 6.08. The number of hydrogen-bond acceptors (Lipinski definition) is 10. The van der Waals surface area contributed by atoms with Gasteiger partial charge >= 0.3 is 5.17 Å². The monoisotopic (exact) mass is 419 g/mol. The molecule has 0 saturated heterocycles. The van der Waals surface area contributed by atoms with Crippen molar-refractivity contribution < 1.29 is 25.5 Å². The molecule has 0 aliphatic carbocycles. The molecule has 0 saturated carbocycles. The average Bonchev–Trinajstić information content (AvgIpc) is 2.69. The topological polar surface area (TPSA) is 180 Å². The first kappa shape index (κ1) is 21.5. The van der Waals surface area contributed by atoms with E-state index in [1.54, 1.807) is 6.26 Å². The van der Waals surface area contributed by atoms with Gasteiger partial charge in [0.2, 0.25) is 0 Å². The van der Waals surface area contributed by atoms with E-state index < -0.39 is 9.85 Å². The zero-order valence-electron chi connectivity index (χ0n) is 14.9. The van der Waals surface area contributed by atoms with Crippen LogP contribution in [-0.4, -0.2) is 43.9 Å².